The van der Waals surface area contributed by atoms with Gasteiger partial charge in [-0.15, -0.1) is 0 Å². The van der Waals surface area contributed by atoms with Gasteiger partial charge in [0.1, 0.15) is 5.69 Å². The number of nitrogens with zero attached hydrogens (tertiary/aromatic N) is 4. The van der Waals surface area contributed by atoms with Crippen molar-refractivity contribution in [2.75, 3.05) is 51.6 Å². The smallest absolute Gasteiger partial charge is 0.116 e. The second-order valence-electron chi connectivity index (χ2n) is 11.7. The number of hydrogen-bond donors (Lipinski definition) is 4. The molecule has 2 saturated heterocycles. The molecule has 0 atom stereocenters. The third-order valence-corrected chi connectivity index (χ3v) is 8.53. The summed E-state index contributed by atoms with van der Waals surface area (Å²) in [5, 5.41) is 16.8. The standard InChI is InChI=1S/C35H46N8/c1-7-9-34(43-16-14-42(6)15-17-43)30-21-33(39-26(30)5)35-31(32(8-2)40-41-35)18-24(3)28-20-29(23-37-22-28)38-25(4)19-27-10-12-36-13-11-27/h7-9,18,20-23,27,36,38-40H,1,3-4,10-17,19H2,2,5-6H3/b31-18+,32-8+,34-9+. The lowest BCUT2D eigenvalue weighted by Crippen LogP contribution is -2.43. The minimum Gasteiger partial charge on any atom is -0.368 e. The van der Waals surface area contributed by atoms with Crippen LogP contribution in [0.4, 0.5) is 5.69 Å². The highest BCUT2D eigenvalue weighted by Gasteiger charge is 2.21. The molecule has 5 heterocycles. The van der Waals surface area contributed by atoms with Crippen molar-refractivity contribution in [3.8, 4) is 11.4 Å². The van der Waals surface area contributed by atoms with Gasteiger partial charge in [-0.1, -0.05) is 31.9 Å². The highest BCUT2D eigenvalue weighted by Crippen LogP contribution is 2.28. The van der Waals surface area contributed by atoms with Crippen LogP contribution in [0, 0.1) is 12.8 Å². The van der Waals surface area contributed by atoms with Gasteiger partial charge in [-0.3, -0.25) is 10.1 Å². The summed E-state index contributed by atoms with van der Waals surface area (Å²) in [6.07, 6.45) is 15.2. The molecule has 0 aliphatic carbocycles. The predicted molar refractivity (Wildman–Crippen MR) is 180 cm³/mol. The van der Waals surface area contributed by atoms with Gasteiger partial charge in [0.25, 0.3) is 0 Å². The fraction of sp³-hybridized carbons (Fsp3) is 0.371. The zero-order chi connectivity index (χ0) is 30.3. The van der Waals surface area contributed by atoms with Gasteiger partial charge >= 0.3 is 0 Å². The summed E-state index contributed by atoms with van der Waals surface area (Å²) < 4.78 is 0. The molecule has 43 heavy (non-hydrogen) atoms. The molecule has 0 unspecified atom stereocenters. The Morgan fingerprint density at radius 3 is 2.60 bits per heavy atom. The van der Waals surface area contributed by atoms with Crippen molar-refractivity contribution < 1.29 is 0 Å². The van der Waals surface area contributed by atoms with E-state index in [9.17, 15) is 0 Å². The molecule has 2 fully saturated rings. The topological polar surface area (TPSA) is 87.9 Å². The third kappa shape index (κ3) is 7.27. The molecule has 0 amide bonds. The molecular formula is C35H46N8. The van der Waals surface area contributed by atoms with E-state index in [2.05, 4.69) is 93.5 Å². The molecule has 4 N–H and O–H groups in total. The predicted octanol–water partition coefficient (Wildman–Crippen LogP) is 4.49. The van der Waals surface area contributed by atoms with Crippen LogP contribution in [-0.2, 0) is 0 Å². The third-order valence-electron chi connectivity index (χ3n) is 8.53. The van der Waals surface area contributed by atoms with Crippen LogP contribution in [0.5, 0.6) is 0 Å². The van der Waals surface area contributed by atoms with Crippen molar-refractivity contribution in [1.29, 1.82) is 0 Å². The molecular weight excluding hydrogens is 532 g/mol. The molecule has 3 aromatic rings. The van der Waals surface area contributed by atoms with Crippen LogP contribution in [0.15, 0.2) is 62.1 Å². The molecule has 226 valence electrons. The molecule has 0 saturated carbocycles. The van der Waals surface area contributed by atoms with Crippen molar-refractivity contribution in [2.45, 2.75) is 33.1 Å². The van der Waals surface area contributed by atoms with Crippen LogP contribution >= 0.6 is 0 Å². The first-order valence-corrected chi connectivity index (χ1v) is 15.3. The molecule has 0 aromatic carbocycles. The van der Waals surface area contributed by atoms with E-state index in [0.29, 0.717) is 5.92 Å². The van der Waals surface area contributed by atoms with Gasteiger partial charge < -0.3 is 25.4 Å². The van der Waals surface area contributed by atoms with Gasteiger partial charge in [0.15, 0.2) is 0 Å². The van der Waals surface area contributed by atoms with Crippen molar-refractivity contribution in [2.24, 2.45) is 5.92 Å². The fourth-order valence-corrected chi connectivity index (χ4v) is 6.04. The largest absolute Gasteiger partial charge is 0.368 e. The minimum absolute atomic E-state index is 0.672. The van der Waals surface area contributed by atoms with Crippen molar-refractivity contribution in [1.82, 2.24) is 35.3 Å². The lowest BCUT2D eigenvalue weighted by atomic mass is 9.93. The Kier molecular flexibility index (Phi) is 9.79. The Morgan fingerprint density at radius 1 is 1.12 bits per heavy atom. The lowest BCUT2D eigenvalue weighted by molar-refractivity contribution is 0.207. The summed E-state index contributed by atoms with van der Waals surface area (Å²) in [6.45, 7) is 23.1. The summed E-state index contributed by atoms with van der Waals surface area (Å²) >= 11 is 0. The average molecular weight is 579 g/mol. The maximum atomic E-state index is 4.73. The van der Waals surface area contributed by atoms with E-state index in [0.717, 1.165) is 95.9 Å². The second-order valence-corrected chi connectivity index (χ2v) is 11.7. The highest BCUT2D eigenvalue weighted by molar-refractivity contribution is 5.88. The zero-order valence-electron chi connectivity index (χ0n) is 26.0. The quantitative estimate of drug-likeness (QED) is 0.265. The Bertz CT molecular complexity index is 1610. The number of allylic oxidation sites excluding steroid dienone is 4. The molecule has 0 radical (unpaired) electrons. The number of nitrogens with one attached hydrogen (secondary N) is 4. The summed E-state index contributed by atoms with van der Waals surface area (Å²) in [6, 6.07) is 4.30. The normalized spacial score (nSPS) is 17.8. The van der Waals surface area contributed by atoms with E-state index >= 15 is 0 Å². The molecule has 5 rings (SSSR count). The van der Waals surface area contributed by atoms with Gasteiger partial charge in [-0.05, 0) is 89.0 Å². The van der Waals surface area contributed by atoms with Crippen LogP contribution in [0.3, 0.4) is 0 Å². The Hall–Kier alpha value is -4.14. The molecule has 2 aliphatic rings. The lowest BCUT2D eigenvalue weighted by Gasteiger charge is -2.35. The van der Waals surface area contributed by atoms with Crippen LogP contribution in [0.2, 0.25) is 0 Å². The van der Waals surface area contributed by atoms with E-state index < -0.39 is 0 Å². The van der Waals surface area contributed by atoms with Crippen molar-refractivity contribution in [3.63, 3.8) is 0 Å². The van der Waals surface area contributed by atoms with Crippen LogP contribution in [0.1, 0.15) is 43.0 Å². The number of aromatic amines is 2. The molecule has 8 heteroatoms. The van der Waals surface area contributed by atoms with Gasteiger partial charge in [0, 0.05) is 65.8 Å². The Balaban J connectivity index is 1.40. The number of piperazine rings is 1. The van der Waals surface area contributed by atoms with Crippen LogP contribution in [-0.4, -0.2) is 76.3 Å². The Labute approximate surface area is 255 Å². The highest BCUT2D eigenvalue weighted by atomic mass is 15.3. The first-order valence-electron chi connectivity index (χ1n) is 15.3. The first kappa shape index (κ1) is 30.3. The molecule has 0 bridgehead atoms. The number of pyridine rings is 1. The van der Waals surface area contributed by atoms with Crippen LogP contribution in [0.25, 0.3) is 34.8 Å². The number of hydrogen-bond acceptors (Lipinski definition) is 6. The van der Waals surface area contributed by atoms with E-state index in [-0.39, 0.29) is 0 Å². The summed E-state index contributed by atoms with van der Waals surface area (Å²) in [5.41, 5.74) is 9.04. The maximum Gasteiger partial charge on any atom is 0.116 e. The first-order chi connectivity index (χ1) is 20.9. The number of piperidine rings is 1. The SMILES string of the molecule is C=C/C=C(\c1cc(-c2n[nH]c(=C/C)/c2=C\C(=C)c2cncc(NC(=C)CC3CCNCC3)c2)[nH]c1C)N1CCN(C)CC1. The number of aromatic nitrogens is 4. The van der Waals surface area contributed by atoms with Crippen molar-refractivity contribution >= 4 is 29.1 Å². The monoisotopic (exact) mass is 578 g/mol. The number of H-pyrrole nitrogens is 2. The van der Waals surface area contributed by atoms with Gasteiger partial charge in [-0.25, -0.2) is 0 Å². The maximum absolute atomic E-state index is 4.73. The second kappa shape index (κ2) is 13.9. The fourth-order valence-electron chi connectivity index (χ4n) is 6.04. The van der Waals surface area contributed by atoms with E-state index in [1.54, 1.807) is 0 Å². The Morgan fingerprint density at radius 2 is 1.88 bits per heavy atom. The zero-order valence-corrected chi connectivity index (χ0v) is 26.0. The summed E-state index contributed by atoms with van der Waals surface area (Å²) in [5.74, 6) is 0.672. The number of likely N-dealkylation sites (N-methyl/N-ethyl adjacent to an activating group) is 1. The number of anilines is 1. The molecule has 2 aliphatic heterocycles. The van der Waals surface area contributed by atoms with E-state index in [4.69, 9.17) is 5.10 Å². The number of aryl methyl sites for hydroxylation is 1. The number of rotatable bonds is 10. The van der Waals surface area contributed by atoms with Gasteiger partial charge in [0.05, 0.1) is 22.9 Å². The average Bonchev–Trinajstić information content (AvgIpc) is 3.59. The van der Waals surface area contributed by atoms with Crippen molar-refractivity contribution in [3.05, 3.63) is 89.5 Å². The minimum atomic E-state index is 0.672. The summed E-state index contributed by atoms with van der Waals surface area (Å²) in [7, 11) is 2.18. The van der Waals surface area contributed by atoms with E-state index in [1.165, 1.54) is 24.1 Å². The molecule has 0 spiro atoms. The molecule has 8 nitrogen and oxygen atoms in total. The van der Waals surface area contributed by atoms with Gasteiger partial charge in [0.2, 0.25) is 0 Å². The molecule has 3 aromatic heterocycles. The van der Waals surface area contributed by atoms with Gasteiger partial charge in [-0.2, -0.15) is 5.10 Å². The summed E-state index contributed by atoms with van der Waals surface area (Å²) in [4.78, 5) is 12.9. The van der Waals surface area contributed by atoms with E-state index in [1.807, 2.05) is 31.5 Å². The van der Waals surface area contributed by atoms with Crippen LogP contribution < -0.4 is 21.2 Å².